The second-order valence-corrected chi connectivity index (χ2v) is 3.56. The molecule has 1 saturated carbocycles. The van der Waals surface area contributed by atoms with Crippen molar-refractivity contribution in [2.24, 2.45) is 0 Å². The van der Waals surface area contributed by atoms with Gasteiger partial charge in [0.2, 0.25) is 0 Å². The third-order valence-electron chi connectivity index (χ3n) is 2.65. The number of nitrogens with zero attached hydrogens (tertiary/aromatic N) is 1. The Balaban J connectivity index is 0.00000144. The first-order valence-corrected chi connectivity index (χ1v) is 4.58. The lowest BCUT2D eigenvalue weighted by atomic mass is 10.0. The van der Waals surface area contributed by atoms with E-state index >= 15 is 0 Å². The van der Waals surface area contributed by atoms with E-state index < -0.39 is 5.60 Å². The van der Waals surface area contributed by atoms with Gasteiger partial charge in [0.1, 0.15) is 5.60 Å². The predicted molar refractivity (Wildman–Crippen MR) is 54.0 cm³/mol. The van der Waals surface area contributed by atoms with Crippen LogP contribution in [0.4, 0.5) is 0 Å². The summed E-state index contributed by atoms with van der Waals surface area (Å²) in [4.78, 5) is 13.2. The molecule has 0 aliphatic heterocycles. The number of hydrogen-bond donors (Lipinski definition) is 1. The Labute approximate surface area is 85.5 Å². The first-order chi connectivity index (χ1) is 5.60. The summed E-state index contributed by atoms with van der Waals surface area (Å²) in [5.74, 6) is -0.109. The van der Waals surface area contributed by atoms with E-state index in [0.717, 1.165) is 12.8 Å². The van der Waals surface area contributed by atoms with Crippen LogP contribution in [-0.4, -0.2) is 35.1 Å². The molecule has 0 atom stereocenters. The summed E-state index contributed by atoms with van der Waals surface area (Å²) < 4.78 is 0. The first-order valence-electron chi connectivity index (χ1n) is 4.58. The second kappa shape index (κ2) is 4.82. The molecule has 0 spiro atoms. The summed E-state index contributed by atoms with van der Waals surface area (Å²) in [5.41, 5.74) is -1.04. The highest BCUT2D eigenvalue weighted by Crippen LogP contribution is 2.30. The lowest BCUT2D eigenvalue weighted by Gasteiger charge is -2.26. The highest BCUT2D eigenvalue weighted by Gasteiger charge is 2.40. The lowest BCUT2D eigenvalue weighted by Crippen LogP contribution is -2.45. The second-order valence-electron chi connectivity index (χ2n) is 3.56. The summed E-state index contributed by atoms with van der Waals surface area (Å²) in [6, 6.07) is 0. The average Bonchev–Trinajstić information content (AvgIpc) is 2.50. The number of carbonyl (C=O) groups is 1. The smallest absolute Gasteiger partial charge is 0.254 e. The van der Waals surface area contributed by atoms with Crippen molar-refractivity contribution in [2.45, 2.75) is 38.2 Å². The van der Waals surface area contributed by atoms with E-state index in [1.807, 2.05) is 6.92 Å². The molecule has 1 amide bonds. The van der Waals surface area contributed by atoms with Crippen molar-refractivity contribution in [1.29, 1.82) is 0 Å². The number of likely N-dealkylation sites (N-methyl/N-ethyl adjacent to an activating group) is 1. The molecular formula is C9H18ClNO2. The minimum Gasteiger partial charge on any atom is -0.380 e. The van der Waals surface area contributed by atoms with E-state index in [2.05, 4.69) is 0 Å². The van der Waals surface area contributed by atoms with Crippen LogP contribution in [0.2, 0.25) is 0 Å². The van der Waals surface area contributed by atoms with Crippen molar-refractivity contribution in [3.63, 3.8) is 0 Å². The fourth-order valence-corrected chi connectivity index (χ4v) is 1.67. The number of aliphatic hydroxyl groups is 1. The van der Waals surface area contributed by atoms with Crippen molar-refractivity contribution in [3.05, 3.63) is 0 Å². The fraction of sp³-hybridized carbons (Fsp3) is 0.889. The van der Waals surface area contributed by atoms with Crippen molar-refractivity contribution < 1.29 is 9.90 Å². The normalized spacial score (nSPS) is 19.3. The largest absolute Gasteiger partial charge is 0.380 e. The summed E-state index contributed by atoms with van der Waals surface area (Å²) >= 11 is 0. The molecule has 13 heavy (non-hydrogen) atoms. The molecule has 78 valence electrons. The molecule has 1 N–H and O–H groups in total. The maximum atomic E-state index is 11.6. The van der Waals surface area contributed by atoms with E-state index in [-0.39, 0.29) is 18.3 Å². The van der Waals surface area contributed by atoms with E-state index in [9.17, 15) is 9.90 Å². The van der Waals surface area contributed by atoms with Crippen molar-refractivity contribution in [3.8, 4) is 0 Å². The van der Waals surface area contributed by atoms with Crippen LogP contribution in [0.15, 0.2) is 0 Å². The molecule has 1 fully saturated rings. The molecule has 1 aliphatic carbocycles. The number of amides is 1. The molecule has 0 aromatic carbocycles. The zero-order valence-corrected chi connectivity index (χ0v) is 9.06. The van der Waals surface area contributed by atoms with E-state index in [4.69, 9.17) is 0 Å². The highest BCUT2D eigenvalue weighted by molar-refractivity contribution is 5.85. The van der Waals surface area contributed by atoms with E-state index in [0.29, 0.717) is 19.4 Å². The SMILES string of the molecule is CCN(C)C(=O)C1(O)CCCC1.Cl. The van der Waals surface area contributed by atoms with Crippen LogP contribution in [0.1, 0.15) is 32.6 Å². The lowest BCUT2D eigenvalue weighted by molar-refractivity contribution is -0.149. The van der Waals surface area contributed by atoms with Gasteiger partial charge in [0.05, 0.1) is 0 Å². The molecule has 0 heterocycles. The number of rotatable bonds is 2. The highest BCUT2D eigenvalue weighted by atomic mass is 35.5. The van der Waals surface area contributed by atoms with Gasteiger partial charge in [-0.3, -0.25) is 4.79 Å². The maximum absolute atomic E-state index is 11.6. The number of halogens is 1. The predicted octanol–water partition coefficient (Wildman–Crippen LogP) is 1.19. The van der Waals surface area contributed by atoms with Gasteiger partial charge in [-0.25, -0.2) is 0 Å². The minimum absolute atomic E-state index is 0. The van der Waals surface area contributed by atoms with Crippen LogP contribution in [0, 0.1) is 0 Å². The molecule has 0 radical (unpaired) electrons. The monoisotopic (exact) mass is 207 g/mol. The van der Waals surface area contributed by atoms with Crippen LogP contribution < -0.4 is 0 Å². The molecule has 4 heteroatoms. The Morgan fingerprint density at radius 2 is 1.92 bits per heavy atom. The molecule has 0 bridgehead atoms. The first kappa shape index (κ1) is 12.7. The minimum atomic E-state index is -1.04. The Bertz CT molecular complexity index is 178. The maximum Gasteiger partial charge on any atom is 0.254 e. The van der Waals surface area contributed by atoms with Crippen LogP contribution in [0.5, 0.6) is 0 Å². The van der Waals surface area contributed by atoms with Crippen molar-refractivity contribution >= 4 is 18.3 Å². The molecule has 0 unspecified atom stereocenters. The molecule has 0 saturated heterocycles. The summed E-state index contributed by atoms with van der Waals surface area (Å²) in [6.07, 6.45) is 3.21. The van der Waals surface area contributed by atoms with E-state index in [1.54, 1.807) is 11.9 Å². The topological polar surface area (TPSA) is 40.5 Å². The van der Waals surface area contributed by atoms with Gasteiger partial charge >= 0.3 is 0 Å². The van der Waals surface area contributed by atoms with Gasteiger partial charge in [-0.05, 0) is 32.6 Å². The molecule has 0 aromatic rings. The average molecular weight is 208 g/mol. The molecular weight excluding hydrogens is 190 g/mol. The molecule has 1 rings (SSSR count). The van der Waals surface area contributed by atoms with Crippen LogP contribution in [0.3, 0.4) is 0 Å². The standard InChI is InChI=1S/C9H17NO2.ClH/c1-3-10(2)8(11)9(12)6-4-5-7-9;/h12H,3-7H2,1-2H3;1H. The Morgan fingerprint density at radius 3 is 2.31 bits per heavy atom. The number of carbonyl (C=O) groups excluding carboxylic acids is 1. The zero-order chi connectivity index (χ0) is 9.19. The van der Waals surface area contributed by atoms with E-state index in [1.165, 1.54) is 0 Å². The third kappa shape index (κ3) is 2.58. The van der Waals surface area contributed by atoms with Gasteiger partial charge in [-0.2, -0.15) is 0 Å². The van der Waals surface area contributed by atoms with Crippen LogP contribution >= 0.6 is 12.4 Å². The van der Waals surface area contributed by atoms with Gasteiger partial charge in [-0.15, -0.1) is 12.4 Å². The van der Waals surface area contributed by atoms with Crippen LogP contribution in [-0.2, 0) is 4.79 Å². The van der Waals surface area contributed by atoms with Gasteiger partial charge in [0.15, 0.2) is 0 Å². The third-order valence-corrected chi connectivity index (χ3v) is 2.65. The Kier molecular flexibility index (Phi) is 4.71. The van der Waals surface area contributed by atoms with Crippen molar-refractivity contribution in [2.75, 3.05) is 13.6 Å². The molecule has 3 nitrogen and oxygen atoms in total. The fourth-order valence-electron chi connectivity index (χ4n) is 1.67. The summed E-state index contributed by atoms with van der Waals surface area (Å²) in [6.45, 7) is 2.58. The molecule has 1 aliphatic rings. The van der Waals surface area contributed by atoms with Gasteiger partial charge in [-0.1, -0.05) is 0 Å². The zero-order valence-electron chi connectivity index (χ0n) is 8.25. The Hall–Kier alpha value is -0.280. The number of hydrogen-bond acceptors (Lipinski definition) is 2. The van der Waals surface area contributed by atoms with Crippen LogP contribution in [0.25, 0.3) is 0 Å². The van der Waals surface area contributed by atoms with Gasteiger partial charge in [0.25, 0.3) is 5.91 Å². The summed E-state index contributed by atoms with van der Waals surface area (Å²) in [5, 5.41) is 9.87. The Morgan fingerprint density at radius 1 is 1.46 bits per heavy atom. The van der Waals surface area contributed by atoms with Crippen molar-refractivity contribution in [1.82, 2.24) is 4.90 Å². The summed E-state index contributed by atoms with van der Waals surface area (Å²) in [7, 11) is 1.73. The molecule has 0 aromatic heterocycles. The van der Waals surface area contributed by atoms with Gasteiger partial charge in [0, 0.05) is 13.6 Å². The van der Waals surface area contributed by atoms with Gasteiger partial charge < -0.3 is 10.0 Å². The quantitative estimate of drug-likeness (QED) is 0.739.